The highest BCUT2D eigenvalue weighted by Gasteiger charge is 2.33. The molecule has 0 amide bonds. The Morgan fingerprint density at radius 3 is 2.57 bits per heavy atom. The first-order valence-corrected chi connectivity index (χ1v) is 8.54. The number of rotatable bonds is 8. The molecule has 0 saturated heterocycles. The predicted molar refractivity (Wildman–Crippen MR) is 89.9 cm³/mol. The molecule has 0 radical (unpaired) electrons. The van der Waals surface area contributed by atoms with Crippen molar-refractivity contribution in [1.29, 1.82) is 0 Å². The molecule has 0 fully saturated rings. The summed E-state index contributed by atoms with van der Waals surface area (Å²) in [6.07, 6.45) is 5.00. The van der Waals surface area contributed by atoms with Gasteiger partial charge in [0, 0.05) is 13.0 Å². The van der Waals surface area contributed by atoms with Gasteiger partial charge in [-0.15, -0.1) is 0 Å². The number of benzene rings is 1. The zero-order valence-electron chi connectivity index (χ0n) is 14.1. The summed E-state index contributed by atoms with van der Waals surface area (Å²) in [4.78, 5) is 0. The van der Waals surface area contributed by atoms with Gasteiger partial charge in [-0.1, -0.05) is 45.9 Å². The van der Waals surface area contributed by atoms with Gasteiger partial charge in [0.25, 0.3) is 0 Å². The molecule has 0 spiro atoms. The summed E-state index contributed by atoms with van der Waals surface area (Å²) < 4.78 is 6.17. The lowest BCUT2D eigenvalue weighted by atomic mass is 9.76. The van der Waals surface area contributed by atoms with Gasteiger partial charge in [-0.25, -0.2) is 0 Å². The second kappa shape index (κ2) is 7.31. The Morgan fingerprint density at radius 2 is 1.95 bits per heavy atom. The normalized spacial score (nSPS) is 17.9. The molecule has 1 unspecified atom stereocenters. The highest BCUT2D eigenvalue weighted by molar-refractivity contribution is 5.37. The van der Waals surface area contributed by atoms with Crippen LogP contribution in [0.3, 0.4) is 0 Å². The van der Waals surface area contributed by atoms with Gasteiger partial charge < -0.3 is 10.1 Å². The van der Waals surface area contributed by atoms with Gasteiger partial charge in [0.1, 0.15) is 11.9 Å². The minimum Gasteiger partial charge on any atom is -0.490 e. The molecule has 1 aromatic carbocycles. The molecule has 1 N–H and O–H groups in total. The van der Waals surface area contributed by atoms with Crippen LogP contribution in [0.15, 0.2) is 24.3 Å². The number of hydrogen-bond donors (Lipinski definition) is 1. The van der Waals surface area contributed by atoms with Crippen LogP contribution in [0, 0.1) is 11.3 Å². The molecule has 118 valence electrons. The van der Waals surface area contributed by atoms with E-state index in [1.807, 2.05) is 0 Å². The maximum absolute atomic E-state index is 6.17. The van der Waals surface area contributed by atoms with E-state index in [4.69, 9.17) is 4.74 Å². The molecule has 0 aliphatic carbocycles. The lowest BCUT2D eigenvalue weighted by Gasteiger charge is -2.34. The van der Waals surface area contributed by atoms with Crippen molar-refractivity contribution in [3.05, 3.63) is 29.8 Å². The van der Waals surface area contributed by atoms with Crippen molar-refractivity contribution >= 4 is 0 Å². The summed E-state index contributed by atoms with van der Waals surface area (Å²) in [6.45, 7) is 11.4. The maximum atomic E-state index is 6.17. The fourth-order valence-electron chi connectivity index (χ4n) is 3.34. The Balaban J connectivity index is 1.94. The number of ether oxygens (including phenoxy) is 1. The van der Waals surface area contributed by atoms with E-state index in [1.165, 1.54) is 18.4 Å². The molecule has 0 aromatic heterocycles. The number of nitrogens with one attached hydrogen (secondary N) is 1. The molecule has 21 heavy (non-hydrogen) atoms. The van der Waals surface area contributed by atoms with E-state index >= 15 is 0 Å². The van der Waals surface area contributed by atoms with Gasteiger partial charge in [0.15, 0.2) is 0 Å². The van der Waals surface area contributed by atoms with Crippen LogP contribution in [0.2, 0.25) is 0 Å². The minimum atomic E-state index is 0.350. The Bertz CT molecular complexity index is 412. The Hall–Kier alpha value is -1.02. The number of fused-ring (bicyclic) bond motifs is 1. The van der Waals surface area contributed by atoms with Crippen LogP contribution in [0.1, 0.15) is 52.5 Å². The third kappa shape index (κ3) is 4.23. The maximum Gasteiger partial charge on any atom is 0.123 e. The van der Waals surface area contributed by atoms with Crippen molar-refractivity contribution in [1.82, 2.24) is 5.32 Å². The van der Waals surface area contributed by atoms with Crippen LogP contribution in [0.4, 0.5) is 0 Å². The van der Waals surface area contributed by atoms with Gasteiger partial charge >= 0.3 is 0 Å². The van der Waals surface area contributed by atoms with Gasteiger partial charge in [-0.05, 0) is 48.8 Å². The van der Waals surface area contributed by atoms with E-state index in [-0.39, 0.29) is 0 Å². The minimum absolute atomic E-state index is 0.350. The second-order valence-corrected chi connectivity index (χ2v) is 6.99. The summed E-state index contributed by atoms with van der Waals surface area (Å²) in [5.74, 6) is 1.81. The number of para-hydroxylation sites is 1. The third-order valence-corrected chi connectivity index (χ3v) is 4.93. The standard InChI is InChI=1S/C19H31NO/c1-5-19(6-2,14-20-13-15(3)4)12-17-11-16-9-7-8-10-18(16)21-17/h7-10,15,17,20H,5-6,11-14H2,1-4H3. The van der Waals surface area contributed by atoms with E-state index in [0.717, 1.165) is 31.7 Å². The fourth-order valence-corrected chi connectivity index (χ4v) is 3.34. The Morgan fingerprint density at radius 1 is 1.24 bits per heavy atom. The molecule has 2 rings (SSSR count). The van der Waals surface area contributed by atoms with Crippen molar-refractivity contribution < 1.29 is 4.74 Å². The topological polar surface area (TPSA) is 21.3 Å². The van der Waals surface area contributed by atoms with Gasteiger partial charge in [-0.3, -0.25) is 0 Å². The van der Waals surface area contributed by atoms with Crippen LogP contribution >= 0.6 is 0 Å². The van der Waals surface area contributed by atoms with E-state index in [0.29, 0.717) is 17.4 Å². The lowest BCUT2D eigenvalue weighted by molar-refractivity contribution is 0.122. The Labute approximate surface area is 130 Å². The summed E-state index contributed by atoms with van der Waals surface area (Å²) in [7, 11) is 0. The molecule has 0 saturated carbocycles. The van der Waals surface area contributed by atoms with Gasteiger partial charge in [0.2, 0.25) is 0 Å². The molecule has 2 nitrogen and oxygen atoms in total. The SMILES string of the molecule is CCC(CC)(CNCC(C)C)CC1Cc2ccccc2O1. The highest BCUT2D eigenvalue weighted by Crippen LogP contribution is 2.37. The quantitative estimate of drug-likeness (QED) is 0.764. The van der Waals surface area contributed by atoms with E-state index in [1.54, 1.807) is 0 Å². The summed E-state index contributed by atoms with van der Waals surface area (Å²) in [5, 5.41) is 3.67. The lowest BCUT2D eigenvalue weighted by Crippen LogP contribution is -2.38. The second-order valence-electron chi connectivity index (χ2n) is 6.99. The monoisotopic (exact) mass is 289 g/mol. The van der Waals surface area contributed by atoms with Crippen LogP contribution in [0.5, 0.6) is 5.75 Å². The highest BCUT2D eigenvalue weighted by atomic mass is 16.5. The van der Waals surface area contributed by atoms with Crippen molar-refractivity contribution in [2.75, 3.05) is 13.1 Å². The zero-order chi connectivity index (χ0) is 15.3. The molecule has 1 aliphatic heterocycles. The molecular weight excluding hydrogens is 258 g/mol. The van der Waals surface area contributed by atoms with Crippen LogP contribution in [-0.4, -0.2) is 19.2 Å². The molecular formula is C19H31NO. The van der Waals surface area contributed by atoms with E-state index in [2.05, 4.69) is 57.3 Å². The van der Waals surface area contributed by atoms with Crippen molar-refractivity contribution in [3.63, 3.8) is 0 Å². The smallest absolute Gasteiger partial charge is 0.123 e. The Kier molecular flexibility index (Phi) is 5.69. The summed E-state index contributed by atoms with van der Waals surface area (Å²) in [5.41, 5.74) is 1.74. The first-order valence-electron chi connectivity index (χ1n) is 8.54. The fraction of sp³-hybridized carbons (Fsp3) is 0.684. The van der Waals surface area contributed by atoms with E-state index in [9.17, 15) is 0 Å². The summed E-state index contributed by atoms with van der Waals surface area (Å²) in [6, 6.07) is 8.48. The number of hydrogen-bond acceptors (Lipinski definition) is 2. The average Bonchev–Trinajstić information content (AvgIpc) is 2.87. The zero-order valence-corrected chi connectivity index (χ0v) is 14.1. The van der Waals surface area contributed by atoms with Crippen LogP contribution < -0.4 is 10.1 Å². The van der Waals surface area contributed by atoms with Crippen LogP contribution in [-0.2, 0) is 6.42 Å². The predicted octanol–water partition coefficient (Wildman–Crippen LogP) is 4.43. The molecule has 1 aliphatic rings. The molecule has 1 aromatic rings. The first-order chi connectivity index (χ1) is 10.1. The van der Waals surface area contributed by atoms with Crippen molar-refractivity contribution in [2.24, 2.45) is 11.3 Å². The molecule has 1 atom stereocenters. The first kappa shape index (κ1) is 16.4. The largest absolute Gasteiger partial charge is 0.490 e. The van der Waals surface area contributed by atoms with Gasteiger partial charge in [0.05, 0.1) is 0 Å². The van der Waals surface area contributed by atoms with Crippen molar-refractivity contribution in [2.45, 2.75) is 59.5 Å². The molecule has 0 bridgehead atoms. The summed E-state index contributed by atoms with van der Waals surface area (Å²) >= 11 is 0. The molecule has 2 heteroatoms. The van der Waals surface area contributed by atoms with Gasteiger partial charge in [-0.2, -0.15) is 0 Å². The van der Waals surface area contributed by atoms with E-state index < -0.39 is 0 Å². The van der Waals surface area contributed by atoms with Crippen molar-refractivity contribution in [3.8, 4) is 5.75 Å². The van der Waals surface area contributed by atoms with Crippen LogP contribution in [0.25, 0.3) is 0 Å². The molecule has 1 heterocycles. The average molecular weight is 289 g/mol. The third-order valence-electron chi connectivity index (χ3n) is 4.93.